The number of fused-ring (bicyclic) bond motifs is 7. The molecule has 286 valence electrons. The number of carbonyl (C=O) groups is 2. The fraction of sp³-hybridized carbons (Fsp3) is 0.733. The highest BCUT2D eigenvalue weighted by Crippen LogP contribution is 2.73. The van der Waals surface area contributed by atoms with Crippen molar-refractivity contribution in [1.29, 1.82) is 0 Å². The number of carboxylic acid groups (broad SMARTS) is 1. The number of benzene rings is 1. The monoisotopic (exact) mass is 705 g/mol. The summed E-state index contributed by atoms with van der Waals surface area (Å²) in [4.78, 5) is 27.5. The number of allylic oxidation sites excluding steroid dienone is 3. The lowest BCUT2D eigenvalue weighted by atomic mass is 9.37. The third kappa shape index (κ3) is 7.08. The molecule has 1 aromatic rings. The standard InChI is InChI=1S/C41H60N2O4.2C2H6/c1-25(2)35-31(44)23-41(34(45)24-42-21-22-43(7)8)20-16-30-28(36(35)41)13-14-33-39(30,5)19-17-32-38(3,4)29(15-18-40(32,33)6)26-9-11-27(12-10-26)37(46)47;2*1-2/h9-12,15,25,28,30,32-34,42,45H,13-14,16-24H2,1-8H3,(H,46,47);2*1-2H3. The van der Waals surface area contributed by atoms with E-state index in [9.17, 15) is 19.8 Å². The molecule has 5 aliphatic rings. The van der Waals surface area contributed by atoms with E-state index in [0.29, 0.717) is 42.2 Å². The van der Waals surface area contributed by atoms with Crippen LogP contribution in [0.25, 0.3) is 5.57 Å². The lowest BCUT2D eigenvalue weighted by Crippen LogP contribution is -2.61. The van der Waals surface area contributed by atoms with Crippen LogP contribution in [0.4, 0.5) is 0 Å². The molecular formula is C45H72N2O4. The zero-order valence-electron chi connectivity index (χ0n) is 34.3. The molecule has 0 aromatic heterocycles. The summed E-state index contributed by atoms with van der Waals surface area (Å²) in [6.45, 7) is 24.7. The zero-order valence-corrected chi connectivity index (χ0v) is 34.3. The second-order valence-corrected chi connectivity index (χ2v) is 17.7. The third-order valence-corrected chi connectivity index (χ3v) is 14.4. The predicted molar refractivity (Wildman–Crippen MR) is 212 cm³/mol. The van der Waals surface area contributed by atoms with Gasteiger partial charge in [-0.25, -0.2) is 4.79 Å². The number of carbonyl (C=O) groups excluding carboxylic acids is 1. The van der Waals surface area contributed by atoms with Gasteiger partial charge in [0.25, 0.3) is 0 Å². The van der Waals surface area contributed by atoms with E-state index in [1.54, 1.807) is 12.1 Å². The van der Waals surface area contributed by atoms with Crippen molar-refractivity contribution in [3.8, 4) is 0 Å². The predicted octanol–water partition coefficient (Wildman–Crippen LogP) is 9.53. The molecule has 0 radical (unpaired) electrons. The molecule has 0 heterocycles. The molecule has 1 aromatic carbocycles. The molecule has 6 heteroatoms. The molecular weight excluding hydrogens is 633 g/mol. The maximum Gasteiger partial charge on any atom is 0.335 e. The minimum Gasteiger partial charge on any atom is -0.478 e. The van der Waals surface area contributed by atoms with E-state index in [1.807, 2.05) is 39.8 Å². The zero-order chi connectivity index (χ0) is 38.1. The van der Waals surface area contributed by atoms with Crippen LogP contribution in [-0.4, -0.2) is 66.7 Å². The van der Waals surface area contributed by atoms with Crippen molar-refractivity contribution in [1.82, 2.24) is 10.2 Å². The van der Waals surface area contributed by atoms with Crippen LogP contribution in [0.5, 0.6) is 0 Å². The van der Waals surface area contributed by atoms with Gasteiger partial charge in [0.2, 0.25) is 0 Å². The topological polar surface area (TPSA) is 89.9 Å². The molecule has 51 heavy (non-hydrogen) atoms. The molecule has 8 atom stereocenters. The van der Waals surface area contributed by atoms with Gasteiger partial charge >= 0.3 is 5.97 Å². The SMILES string of the molecule is CC.CC.CC(C)C1=C2C3CCC4C(C)(CCC5C(C)(C)C(c6ccc(C(=O)O)cc6)=CCC54C)C3CCC2(C(O)CNCCN(C)C)CC1=O. The highest BCUT2D eigenvalue weighted by molar-refractivity contribution is 6.00. The van der Waals surface area contributed by atoms with Crippen LogP contribution in [-0.2, 0) is 4.79 Å². The van der Waals surface area contributed by atoms with Crippen LogP contribution in [0.15, 0.2) is 41.5 Å². The molecule has 3 N–H and O–H groups in total. The Balaban J connectivity index is 0.00000141. The molecule has 6 nitrogen and oxygen atoms in total. The maximum atomic E-state index is 13.8. The Morgan fingerprint density at radius 1 is 0.922 bits per heavy atom. The van der Waals surface area contributed by atoms with Gasteiger partial charge in [-0.3, -0.25) is 4.79 Å². The van der Waals surface area contributed by atoms with Gasteiger partial charge in [0.05, 0.1) is 11.7 Å². The van der Waals surface area contributed by atoms with Crippen LogP contribution in [0.1, 0.15) is 137 Å². The Bertz CT molecular complexity index is 1460. The van der Waals surface area contributed by atoms with Gasteiger partial charge in [0, 0.05) is 31.5 Å². The summed E-state index contributed by atoms with van der Waals surface area (Å²) in [7, 11) is 4.14. The van der Waals surface area contributed by atoms with Crippen molar-refractivity contribution in [3.05, 3.63) is 52.6 Å². The molecule has 0 amide bonds. The molecule has 0 saturated heterocycles. The number of carboxylic acids is 1. The number of hydrogen-bond donors (Lipinski definition) is 3. The first kappa shape index (κ1) is 41.5. The first-order valence-corrected chi connectivity index (χ1v) is 20.4. The average molecular weight is 705 g/mol. The summed E-state index contributed by atoms with van der Waals surface area (Å²) in [5.74, 6) is 1.64. The molecule has 0 spiro atoms. The molecule has 0 bridgehead atoms. The maximum absolute atomic E-state index is 13.8. The Morgan fingerprint density at radius 2 is 1.57 bits per heavy atom. The minimum absolute atomic E-state index is 0.0213. The summed E-state index contributed by atoms with van der Waals surface area (Å²) >= 11 is 0. The van der Waals surface area contributed by atoms with Crippen LogP contribution >= 0.6 is 0 Å². The van der Waals surface area contributed by atoms with Gasteiger partial charge in [0.15, 0.2) is 5.78 Å². The quantitative estimate of drug-likeness (QED) is 0.222. The number of aromatic carboxylic acids is 1. The summed E-state index contributed by atoms with van der Waals surface area (Å²) in [5, 5.41) is 24.9. The van der Waals surface area contributed by atoms with Crippen molar-refractivity contribution in [2.45, 2.75) is 127 Å². The van der Waals surface area contributed by atoms with Crippen LogP contribution < -0.4 is 5.32 Å². The van der Waals surface area contributed by atoms with Crippen LogP contribution in [0.2, 0.25) is 0 Å². The molecule has 8 unspecified atom stereocenters. The normalized spacial score (nSPS) is 34.2. The number of hydrogen-bond acceptors (Lipinski definition) is 5. The number of aliphatic hydroxyl groups excluding tert-OH is 1. The van der Waals surface area contributed by atoms with E-state index in [1.165, 1.54) is 30.4 Å². The van der Waals surface area contributed by atoms with E-state index in [-0.39, 0.29) is 27.9 Å². The Hall–Kier alpha value is -2.28. The van der Waals surface area contributed by atoms with Crippen LogP contribution in [0.3, 0.4) is 0 Å². The van der Waals surface area contributed by atoms with Crippen molar-refractivity contribution < 1.29 is 19.8 Å². The van der Waals surface area contributed by atoms with E-state index in [4.69, 9.17) is 0 Å². The second kappa shape index (κ2) is 16.0. The minimum atomic E-state index is -0.882. The fourth-order valence-electron chi connectivity index (χ4n) is 12.4. The van der Waals surface area contributed by atoms with E-state index in [2.05, 4.69) is 71.9 Å². The van der Waals surface area contributed by atoms with Gasteiger partial charge < -0.3 is 20.4 Å². The highest BCUT2D eigenvalue weighted by Gasteiger charge is 2.66. The van der Waals surface area contributed by atoms with Crippen molar-refractivity contribution in [2.24, 2.45) is 51.2 Å². The Labute approximate surface area is 310 Å². The number of likely N-dealkylation sites (N-methyl/N-ethyl adjacent to an activating group) is 1. The highest BCUT2D eigenvalue weighted by atomic mass is 16.4. The van der Waals surface area contributed by atoms with Gasteiger partial charge in [-0.1, -0.05) is 93.0 Å². The summed E-state index contributed by atoms with van der Waals surface area (Å²) in [6, 6.07) is 7.49. The Morgan fingerprint density at radius 3 is 2.16 bits per heavy atom. The van der Waals surface area contributed by atoms with Gasteiger partial charge in [-0.2, -0.15) is 0 Å². The van der Waals surface area contributed by atoms with Crippen molar-refractivity contribution in [3.63, 3.8) is 0 Å². The number of rotatable bonds is 9. The smallest absolute Gasteiger partial charge is 0.335 e. The van der Waals surface area contributed by atoms with Crippen LogP contribution in [0, 0.1) is 51.2 Å². The first-order chi connectivity index (χ1) is 24.1. The first-order valence-electron chi connectivity index (χ1n) is 20.4. The third-order valence-electron chi connectivity index (χ3n) is 14.4. The number of Topliss-reactive ketones (excluding diaryl/α,β-unsaturated/α-hetero) is 1. The molecule has 3 fully saturated rings. The number of nitrogens with one attached hydrogen (secondary N) is 1. The number of nitrogens with zero attached hydrogens (tertiary/aromatic N) is 1. The number of ketones is 1. The molecule has 0 aliphatic heterocycles. The molecule has 5 aliphatic carbocycles. The Kier molecular flexibility index (Phi) is 13.0. The number of aliphatic hydroxyl groups is 1. The lowest BCUT2D eigenvalue weighted by molar-refractivity contribution is -0.159. The van der Waals surface area contributed by atoms with E-state index in [0.717, 1.165) is 49.9 Å². The lowest BCUT2D eigenvalue weighted by Gasteiger charge is -2.68. The summed E-state index contributed by atoms with van der Waals surface area (Å²) in [6.07, 6.45) is 10.1. The van der Waals surface area contributed by atoms with Gasteiger partial charge in [-0.15, -0.1) is 0 Å². The average Bonchev–Trinajstić information content (AvgIpc) is 3.41. The molecule has 3 saturated carbocycles. The second-order valence-electron chi connectivity index (χ2n) is 17.7. The van der Waals surface area contributed by atoms with E-state index >= 15 is 0 Å². The van der Waals surface area contributed by atoms with Crippen molar-refractivity contribution in [2.75, 3.05) is 33.7 Å². The van der Waals surface area contributed by atoms with Crippen molar-refractivity contribution >= 4 is 17.3 Å². The van der Waals surface area contributed by atoms with Gasteiger partial charge in [-0.05, 0) is 134 Å². The van der Waals surface area contributed by atoms with Gasteiger partial charge in [0.1, 0.15) is 0 Å². The summed E-state index contributed by atoms with van der Waals surface area (Å²) in [5.41, 5.74) is 5.19. The fourth-order valence-corrected chi connectivity index (χ4v) is 12.4. The molecule has 6 rings (SSSR count). The summed E-state index contributed by atoms with van der Waals surface area (Å²) < 4.78 is 0. The largest absolute Gasteiger partial charge is 0.478 e. The van der Waals surface area contributed by atoms with E-state index < -0.39 is 17.5 Å².